The van der Waals surface area contributed by atoms with Crippen LogP contribution in [0.5, 0.6) is 0 Å². The zero-order chi connectivity index (χ0) is 13.4. The van der Waals surface area contributed by atoms with Crippen LogP contribution in [0.25, 0.3) is 0 Å². The Bertz CT molecular complexity index is 551. The van der Waals surface area contributed by atoms with E-state index in [2.05, 4.69) is 53.3 Å². The Balaban J connectivity index is 2.01. The molecule has 0 unspecified atom stereocenters. The Kier molecular flexibility index (Phi) is 2.98. The average Bonchev–Trinajstić information content (AvgIpc) is 2.98. The van der Waals surface area contributed by atoms with Gasteiger partial charge in [0.15, 0.2) is 0 Å². The highest BCUT2D eigenvalue weighted by Crippen LogP contribution is 2.43. The minimum atomic E-state index is -0.307. The second-order valence-corrected chi connectivity index (χ2v) is 5.26. The maximum atomic E-state index is 9.45. The van der Waals surface area contributed by atoms with Crippen molar-refractivity contribution < 1.29 is 0 Å². The standard InChI is InChI=1S/C15H16N4/c1-11-3-5-12(6-4-11)15-13(9-16)14(10-17)18-7-2-8-19(15)18/h3-6,13-15H,2,7-8H2,1H3/t13-,14-,15+/m1/s1. The molecule has 3 rings (SSSR count). The molecule has 0 bridgehead atoms. The van der Waals surface area contributed by atoms with E-state index < -0.39 is 0 Å². The first-order chi connectivity index (χ1) is 9.26. The molecule has 1 aromatic rings. The molecule has 0 radical (unpaired) electrons. The van der Waals surface area contributed by atoms with E-state index in [4.69, 9.17) is 0 Å². The van der Waals surface area contributed by atoms with E-state index >= 15 is 0 Å². The summed E-state index contributed by atoms with van der Waals surface area (Å²) >= 11 is 0. The zero-order valence-electron chi connectivity index (χ0n) is 11.0. The maximum absolute atomic E-state index is 9.45. The van der Waals surface area contributed by atoms with Gasteiger partial charge >= 0.3 is 0 Å². The van der Waals surface area contributed by atoms with E-state index in [1.807, 2.05) is 0 Å². The van der Waals surface area contributed by atoms with E-state index in [0.29, 0.717) is 0 Å². The van der Waals surface area contributed by atoms with Crippen LogP contribution in [0, 0.1) is 35.5 Å². The molecule has 2 aliphatic rings. The zero-order valence-corrected chi connectivity index (χ0v) is 11.0. The van der Waals surface area contributed by atoms with E-state index in [0.717, 1.165) is 25.1 Å². The molecule has 1 aromatic carbocycles. The van der Waals surface area contributed by atoms with E-state index in [-0.39, 0.29) is 18.0 Å². The number of hydrazine groups is 1. The summed E-state index contributed by atoms with van der Waals surface area (Å²) in [5.41, 5.74) is 2.35. The van der Waals surface area contributed by atoms with Crippen molar-refractivity contribution in [1.29, 1.82) is 10.5 Å². The van der Waals surface area contributed by atoms with Crippen molar-refractivity contribution in [1.82, 2.24) is 10.0 Å². The molecule has 96 valence electrons. The van der Waals surface area contributed by atoms with Gasteiger partial charge in [0.25, 0.3) is 0 Å². The normalized spacial score (nSPS) is 30.8. The quantitative estimate of drug-likeness (QED) is 0.767. The summed E-state index contributed by atoms with van der Waals surface area (Å²) in [6.45, 7) is 3.88. The number of hydrogen-bond donors (Lipinski definition) is 0. The molecular formula is C15H16N4. The first kappa shape index (κ1) is 12.2. The molecule has 0 saturated carbocycles. The van der Waals surface area contributed by atoms with Crippen LogP contribution < -0.4 is 0 Å². The molecule has 4 heteroatoms. The third kappa shape index (κ3) is 1.81. The van der Waals surface area contributed by atoms with Crippen LogP contribution in [0.3, 0.4) is 0 Å². The number of hydrogen-bond acceptors (Lipinski definition) is 4. The summed E-state index contributed by atoms with van der Waals surface area (Å²) in [7, 11) is 0. The highest BCUT2D eigenvalue weighted by Gasteiger charge is 2.50. The Hall–Kier alpha value is -1.88. The van der Waals surface area contributed by atoms with Crippen LogP contribution >= 0.6 is 0 Å². The third-order valence-electron chi connectivity index (χ3n) is 4.13. The van der Waals surface area contributed by atoms with Crippen LogP contribution in [-0.2, 0) is 0 Å². The average molecular weight is 252 g/mol. The summed E-state index contributed by atoms with van der Waals surface area (Å²) in [6.07, 6.45) is 1.07. The largest absolute Gasteiger partial charge is 0.232 e. The Morgan fingerprint density at radius 1 is 1.05 bits per heavy atom. The van der Waals surface area contributed by atoms with Crippen LogP contribution in [0.4, 0.5) is 0 Å². The van der Waals surface area contributed by atoms with E-state index in [1.165, 1.54) is 5.56 Å². The molecule has 2 heterocycles. The van der Waals surface area contributed by atoms with Crippen molar-refractivity contribution in [2.45, 2.75) is 25.4 Å². The molecule has 4 nitrogen and oxygen atoms in total. The van der Waals surface area contributed by atoms with Gasteiger partial charge in [0.05, 0.1) is 24.1 Å². The second kappa shape index (κ2) is 4.66. The van der Waals surface area contributed by atoms with Crippen molar-refractivity contribution in [2.24, 2.45) is 5.92 Å². The van der Waals surface area contributed by atoms with Gasteiger partial charge in [-0.3, -0.25) is 0 Å². The minimum Gasteiger partial charge on any atom is -0.232 e. The monoisotopic (exact) mass is 252 g/mol. The number of nitriles is 2. The topological polar surface area (TPSA) is 54.1 Å². The lowest BCUT2D eigenvalue weighted by molar-refractivity contribution is 0.0383. The molecule has 0 aromatic heterocycles. The van der Waals surface area contributed by atoms with Gasteiger partial charge in [0, 0.05) is 13.1 Å². The van der Waals surface area contributed by atoms with Crippen LogP contribution in [0.1, 0.15) is 23.6 Å². The summed E-state index contributed by atoms with van der Waals surface area (Å²) < 4.78 is 0. The summed E-state index contributed by atoms with van der Waals surface area (Å²) in [6, 6.07) is 12.7. The van der Waals surface area contributed by atoms with Crippen molar-refractivity contribution in [3.8, 4) is 12.1 Å². The molecule has 0 N–H and O–H groups in total. The lowest BCUT2D eigenvalue weighted by atomic mass is 9.90. The predicted molar refractivity (Wildman–Crippen MR) is 70.5 cm³/mol. The fourth-order valence-electron chi connectivity index (χ4n) is 3.22. The highest BCUT2D eigenvalue weighted by atomic mass is 15.7. The van der Waals surface area contributed by atoms with E-state index in [1.54, 1.807) is 0 Å². The number of aryl methyl sites for hydroxylation is 1. The first-order valence-electron chi connectivity index (χ1n) is 6.65. The maximum Gasteiger partial charge on any atom is 0.129 e. The molecule has 0 amide bonds. The van der Waals surface area contributed by atoms with Crippen molar-refractivity contribution in [3.63, 3.8) is 0 Å². The van der Waals surface area contributed by atoms with Crippen molar-refractivity contribution >= 4 is 0 Å². The summed E-state index contributed by atoms with van der Waals surface area (Å²) in [4.78, 5) is 0. The molecule has 2 saturated heterocycles. The van der Waals surface area contributed by atoms with Crippen LogP contribution in [0.2, 0.25) is 0 Å². The number of benzene rings is 1. The van der Waals surface area contributed by atoms with Crippen molar-refractivity contribution in [2.75, 3.05) is 13.1 Å². The molecular weight excluding hydrogens is 236 g/mol. The lowest BCUT2D eigenvalue weighted by Crippen LogP contribution is -2.35. The van der Waals surface area contributed by atoms with Gasteiger partial charge in [-0.2, -0.15) is 10.5 Å². The fourth-order valence-corrected chi connectivity index (χ4v) is 3.22. The highest BCUT2D eigenvalue weighted by molar-refractivity contribution is 5.29. The summed E-state index contributed by atoms with van der Waals surface area (Å²) in [5, 5.41) is 23.1. The Labute approximate surface area is 113 Å². The number of rotatable bonds is 1. The van der Waals surface area contributed by atoms with Crippen LogP contribution in [0.15, 0.2) is 24.3 Å². The third-order valence-corrected chi connectivity index (χ3v) is 4.13. The molecule has 19 heavy (non-hydrogen) atoms. The van der Waals surface area contributed by atoms with Gasteiger partial charge in [-0.1, -0.05) is 29.8 Å². The fraction of sp³-hybridized carbons (Fsp3) is 0.467. The van der Waals surface area contributed by atoms with Crippen LogP contribution in [-0.4, -0.2) is 29.1 Å². The first-order valence-corrected chi connectivity index (χ1v) is 6.65. The van der Waals surface area contributed by atoms with Gasteiger partial charge < -0.3 is 0 Å². The second-order valence-electron chi connectivity index (χ2n) is 5.26. The van der Waals surface area contributed by atoms with Crippen molar-refractivity contribution in [3.05, 3.63) is 35.4 Å². The lowest BCUT2D eigenvalue weighted by Gasteiger charge is -2.25. The molecule has 3 atom stereocenters. The number of nitrogens with zero attached hydrogens (tertiary/aromatic N) is 4. The Morgan fingerprint density at radius 3 is 2.37 bits per heavy atom. The molecule has 0 spiro atoms. The summed E-state index contributed by atoms with van der Waals surface area (Å²) in [5.74, 6) is -0.270. The molecule has 0 aliphatic carbocycles. The minimum absolute atomic E-state index is 0.0257. The predicted octanol–water partition coefficient (Wildman–Crippen LogP) is 2.00. The SMILES string of the molecule is Cc1ccc([C@H]2[C@H](C#N)[C@@H](C#N)N3CCCN23)cc1. The van der Waals surface area contributed by atoms with Gasteiger partial charge in [-0.05, 0) is 18.9 Å². The number of fused-ring (bicyclic) bond motifs is 1. The smallest absolute Gasteiger partial charge is 0.129 e. The van der Waals surface area contributed by atoms with E-state index in [9.17, 15) is 10.5 Å². The Morgan fingerprint density at radius 2 is 1.74 bits per heavy atom. The van der Waals surface area contributed by atoms with Gasteiger partial charge in [-0.15, -0.1) is 0 Å². The molecule has 2 aliphatic heterocycles. The van der Waals surface area contributed by atoms with Gasteiger partial charge in [-0.25, -0.2) is 10.0 Å². The van der Waals surface area contributed by atoms with Gasteiger partial charge in [0.2, 0.25) is 0 Å². The molecule has 2 fully saturated rings. The van der Waals surface area contributed by atoms with Gasteiger partial charge in [0.1, 0.15) is 6.04 Å².